The number of rotatable bonds is 8. The minimum atomic E-state index is -4.10. The van der Waals surface area contributed by atoms with Crippen LogP contribution < -0.4 is 9.46 Å². The van der Waals surface area contributed by atoms with Crippen molar-refractivity contribution in [1.29, 1.82) is 0 Å². The van der Waals surface area contributed by atoms with Gasteiger partial charge < -0.3 is 14.6 Å². The quantitative estimate of drug-likeness (QED) is 0.736. The van der Waals surface area contributed by atoms with E-state index in [0.717, 1.165) is 0 Å². The largest absolute Gasteiger partial charge is 0.487 e. The Hall–Kier alpha value is -1.35. The summed E-state index contributed by atoms with van der Waals surface area (Å²) in [7, 11) is -2.60. The van der Waals surface area contributed by atoms with Gasteiger partial charge in [-0.05, 0) is 32.0 Å². The molecule has 2 N–H and O–H groups in total. The molecule has 0 radical (unpaired) electrons. The lowest BCUT2D eigenvalue weighted by molar-refractivity contribution is -0.138. The lowest BCUT2D eigenvalue weighted by Gasteiger charge is -2.18. The van der Waals surface area contributed by atoms with Crippen molar-refractivity contribution >= 4 is 27.6 Å². The highest BCUT2D eigenvalue weighted by atomic mass is 35.5. The Bertz CT molecular complexity index is 633. The fraction of sp³-hybridized carbons (Fsp3) is 0.462. The number of nitrogens with one attached hydrogen (secondary N) is 1. The van der Waals surface area contributed by atoms with Crippen LogP contribution >= 0.6 is 11.6 Å². The van der Waals surface area contributed by atoms with Crippen LogP contribution in [0, 0.1) is 0 Å². The number of carboxylic acid groups (broad SMARTS) is 1. The molecule has 22 heavy (non-hydrogen) atoms. The van der Waals surface area contributed by atoms with E-state index in [1.165, 1.54) is 32.2 Å². The van der Waals surface area contributed by atoms with Gasteiger partial charge in [-0.1, -0.05) is 11.6 Å². The zero-order valence-electron chi connectivity index (χ0n) is 12.4. The van der Waals surface area contributed by atoms with Gasteiger partial charge in [-0.3, -0.25) is 4.79 Å². The fourth-order valence-electron chi connectivity index (χ4n) is 1.62. The molecule has 0 saturated carbocycles. The van der Waals surface area contributed by atoms with E-state index in [4.69, 9.17) is 26.2 Å². The summed E-state index contributed by atoms with van der Waals surface area (Å²) < 4.78 is 37.1. The molecule has 0 heterocycles. The summed E-state index contributed by atoms with van der Waals surface area (Å²) in [6.07, 6.45) is -0.392. The second-order valence-electron chi connectivity index (χ2n) is 4.66. The van der Waals surface area contributed by atoms with Crippen LogP contribution in [0.5, 0.6) is 5.75 Å². The SMILES string of the molecule is COCC(C)Oc1ccc(Cl)cc1S(=O)(=O)N[C@@H](C)C(=O)O. The van der Waals surface area contributed by atoms with Crippen molar-refractivity contribution in [1.82, 2.24) is 4.72 Å². The molecule has 0 spiro atoms. The maximum Gasteiger partial charge on any atom is 0.321 e. The minimum Gasteiger partial charge on any atom is -0.487 e. The topological polar surface area (TPSA) is 102 Å². The zero-order chi connectivity index (χ0) is 16.9. The average Bonchev–Trinajstić information content (AvgIpc) is 2.40. The molecule has 1 aromatic carbocycles. The highest BCUT2D eigenvalue weighted by molar-refractivity contribution is 7.89. The van der Waals surface area contributed by atoms with Gasteiger partial charge in [0.15, 0.2) is 0 Å². The first-order valence-electron chi connectivity index (χ1n) is 6.37. The summed E-state index contributed by atoms with van der Waals surface area (Å²) in [6.45, 7) is 3.20. The molecule has 0 fully saturated rings. The second kappa shape index (κ2) is 7.77. The van der Waals surface area contributed by atoms with Crippen LogP contribution in [0.4, 0.5) is 0 Å². The molecule has 0 aliphatic rings. The Morgan fingerprint density at radius 1 is 1.41 bits per heavy atom. The molecule has 0 amide bonds. The molecule has 0 bridgehead atoms. The van der Waals surface area contributed by atoms with Crippen LogP contribution in [-0.2, 0) is 19.6 Å². The Kier molecular flexibility index (Phi) is 6.61. The molecule has 7 nitrogen and oxygen atoms in total. The summed E-state index contributed by atoms with van der Waals surface area (Å²) in [5, 5.41) is 9.02. The number of carboxylic acids is 1. The van der Waals surface area contributed by atoms with Gasteiger partial charge in [0.05, 0.1) is 6.61 Å². The average molecular weight is 352 g/mol. The number of aliphatic carboxylic acids is 1. The molecule has 1 rings (SSSR count). The smallest absolute Gasteiger partial charge is 0.321 e. The van der Waals surface area contributed by atoms with Crippen molar-refractivity contribution < 1.29 is 27.8 Å². The van der Waals surface area contributed by atoms with Crippen molar-refractivity contribution in [2.45, 2.75) is 30.9 Å². The van der Waals surface area contributed by atoms with E-state index in [-0.39, 0.29) is 22.3 Å². The van der Waals surface area contributed by atoms with E-state index < -0.39 is 28.1 Å². The third kappa shape index (κ3) is 5.13. The first-order valence-corrected chi connectivity index (χ1v) is 8.23. The van der Waals surface area contributed by atoms with Crippen LogP contribution in [0.1, 0.15) is 13.8 Å². The fourth-order valence-corrected chi connectivity index (χ4v) is 3.21. The van der Waals surface area contributed by atoms with Gasteiger partial charge in [0.1, 0.15) is 22.8 Å². The van der Waals surface area contributed by atoms with Gasteiger partial charge in [-0.25, -0.2) is 8.42 Å². The standard InChI is InChI=1S/C13H18ClNO6S/c1-8(7-20-3)21-11-5-4-10(14)6-12(11)22(18,19)15-9(2)13(16)17/h4-6,8-9,15H,7H2,1-3H3,(H,16,17)/t8?,9-/m0/s1. The number of carbonyl (C=O) groups is 1. The van der Waals surface area contributed by atoms with Crippen molar-refractivity contribution in [3.8, 4) is 5.75 Å². The molecule has 0 aromatic heterocycles. The lowest BCUT2D eigenvalue weighted by atomic mass is 10.3. The minimum absolute atomic E-state index is 0.0686. The van der Waals surface area contributed by atoms with Gasteiger partial charge in [-0.2, -0.15) is 4.72 Å². The van der Waals surface area contributed by atoms with E-state index in [1.807, 2.05) is 4.72 Å². The molecule has 2 atom stereocenters. The number of halogens is 1. The van der Waals surface area contributed by atoms with Gasteiger partial charge in [0.2, 0.25) is 10.0 Å². The van der Waals surface area contributed by atoms with Crippen LogP contribution in [0.3, 0.4) is 0 Å². The number of hydrogen-bond donors (Lipinski definition) is 2. The van der Waals surface area contributed by atoms with E-state index >= 15 is 0 Å². The summed E-state index contributed by atoms with van der Waals surface area (Å²) in [6, 6.07) is 2.81. The molecule has 0 aliphatic heterocycles. The number of sulfonamides is 1. The van der Waals surface area contributed by atoms with Crippen LogP contribution in [0.15, 0.2) is 23.1 Å². The van der Waals surface area contributed by atoms with Crippen molar-refractivity contribution in [2.75, 3.05) is 13.7 Å². The Morgan fingerprint density at radius 3 is 2.59 bits per heavy atom. The maximum atomic E-state index is 12.3. The van der Waals surface area contributed by atoms with Crippen LogP contribution in [-0.4, -0.2) is 45.4 Å². The molecular weight excluding hydrogens is 334 g/mol. The highest BCUT2D eigenvalue weighted by Gasteiger charge is 2.25. The van der Waals surface area contributed by atoms with Crippen molar-refractivity contribution in [3.05, 3.63) is 23.2 Å². The summed E-state index contributed by atoms with van der Waals surface area (Å²) >= 11 is 5.83. The van der Waals surface area contributed by atoms with E-state index in [2.05, 4.69) is 0 Å². The van der Waals surface area contributed by atoms with E-state index in [0.29, 0.717) is 0 Å². The monoisotopic (exact) mass is 351 g/mol. The lowest BCUT2D eigenvalue weighted by Crippen LogP contribution is -2.38. The van der Waals surface area contributed by atoms with E-state index in [1.54, 1.807) is 6.92 Å². The summed E-state index contributed by atoms with van der Waals surface area (Å²) in [4.78, 5) is 10.6. The number of benzene rings is 1. The summed E-state index contributed by atoms with van der Waals surface area (Å²) in [5.74, 6) is -1.22. The second-order valence-corrected chi connectivity index (χ2v) is 6.77. The van der Waals surface area contributed by atoms with Gasteiger partial charge in [0, 0.05) is 12.1 Å². The third-order valence-corrected chi connectivity index (χ3v) is 4.42. The van der Waals surface area contributed by atoms with Gasteiger partial charge >= 0.3 is 5.97 Å². The Morgan fingerprint density at radius 2 is 2.05 bits per heavy atom. The maximum absolute atomic E-state index is 12.3. The molecule has 9 heteroatoms. The van der Waals surface area contributed by atoms with Crippen LogP contribution in [0.25, 0.3) is 0 Å². The molecule has 0 aliphatic carbocycles. The number of hydrogen-bond acceptors (Lipinski definition) is 5. The first-order chi connectivity index (χ1) is 10.2. The van der Waals surface area contributed by atoms with Gasteiger partial charge in [0.25, 0.3) is 0 Å². The number of ether oxygens (including phenoxy) is 2. The summed E-state index contributed by atoms with van der Waals surface area (Å²) in [5.41, 5.74) is 0. The van der Waals surface area contributed by atoms with Gasteiger partial charge in [-0.15, -0.1) is 0 Å². The normalized spacial score (nSPS) is 14.4. The molecule has 0 saturated heterocycles. The van der Waals surface area contributed by atoms with Crippen LogP contribution in [0.2, 0.25) is 5.02 Å². The Labute approximate surface area is 134 Å². The molecule has 1 aromatic rings. The Balaban J connectivity index is 3.15. The van der Waals surface area contributed by atoms with Crippen molar-refractivity contribution in [2.24, 2.45) is 0 Å². The molecule has 124 valence electrons. The number of methoxy groups -OCH3 is 1. The molecular formula is C13H18ClNO6S. The zero-order valence-corrected chi connectivity index (χ0v) is 13.9. The van der Waals surface area contributed by atoms with Crippen molar-refractivity contribution in [3.63, 3.8) is 0 Å². The predicted molar refractivity (Wildman–Crippen MR) is 80.8 cm³/mol. The van der Waals surface area contributed by atoms with E-state index in [9.17, 15) is 13.2 Å². The molecule has 1 unspecified atom stereocenters. The third-order valence-electron chi connectivity index (χ3n) is 2.63. The highest BCUT2D eigenvalue weighted by Crippen LogP contribution is 2.28. The predicted octanol–water partition coefficient (Wildman–Crippen LogP) is 1.51. The first kappa shape index (κ1) is 18.7.